The van der Waals surface area contributed by atoms with Crippen molar-refractivity contribution in [2.45, 2.75) is 45.3 Å². The van der Waals surface area contributed by atoms with E-state index in [4.69, 9.17) is 9.15 Å². The molecule has 0 aliphatic carbocycles. The molecule has 138 valence electrons. The van der Waals surface area contributed by atoms with Crippen molar-refractivity contribution < 1.29 is 23.8 Å². The normalized spacial score (nSPS) is 19.9. The zero-order valence-corrected chi connectivity index (χ0v) is 15.0. The maximum Gasteiger partial charge on any atom is 0.339 e. The summed E-state index contributed by atoms with van der Waals surface area (Å²) in [4.78, 5) is 23.9. The number of hydrogen-bond acceptors (Lipinski definition) is 4. The van der Waals surface area contributed by atoms with Gasteiger partial charge < -0.3 is 19.6 Å². The summed E-state index contributed by atoms with van der Waals surface area (Å²) in [6.45, 7) is 4.46. The number of carbonyl (C=O) groups excluding carboxylic acids is 1. The van der Waals surface area contributed by atoms with Gasteiger partial charge in [0.1, 0.15) is 17.4 Å². The van der Waals surface area contributed by atoms with Crippen molar-refractivity contribution in [3.8, 4) is 0 Å². The number of ether oxygens (including phenoxy) is 1. The number of carboxylic acids is 1. The van der Waals surface area contributed by atoms with E-state index in [2.05, 4.69) is 5.32 Å². The molecule has 2 atom stereocenters. The molecule has 0 radical (unpaired) electrons. The first-order valence-corrected chi connectivity index (χ1v) is 8.84. The van der Waals surface area contributed by atoms with Crippen LogP contribution in [0.5, 0.6) is 0 Å². The molecule has 2 unspecified atom stereocenters. The van der Waals surface area contributed by atoms with Gasteiger partial charge in [-0.05, 0) is 25.3 Å². The monoisotopic (exact) mass is 357 g/mol. The van der Waals surface area contributed by atoms with Crippen molar-refractivity contribution in [1.29, 1.82) is 0 Å². The molecule has 1 fully saturated rings. The van der Waals surface area contributed by atoms with Crippen LogP contribution in [0.3, 0.4) is 0 Å². The lowest BCUT2D eigenvalue weighted by molar-refractivity contribution is -0.00974. The summed E-state index contributed by atoms with van der Waals surface area (Å²) in [6, 6.07) is 9.16. The Morgan fingerprint density at radius 2 is 2.00 bits per heavy atom. The van der Waals surface area contributed by atoms with E-state index in [0.29, 0.717) is 18.8 Å². The van der Waals surface area contributed by atoms with Gasteiger partial charge in [0, 0.05) is 19.1 Å². The van der Waals surface area contributed by atoms with E-state index in [1.165, 1.54) is 6.07 Å². The lowest BCUT2D eigenvalue weighted by Crippen LogP contribution is -2.42. The maximum absolute atomic E-state index is 12.6. The molecule has 6 nitrogen and oxygen atoms in total. The van der Waals surface area contributed by atoms with Crippen LogP contribution in [0.25, 0.3) is 0 Å². The Labute approximate surface area is 152 Å². The minimum Gasteiger partial charge on any atom is -0.478 e. The summed E-state index contributed by atoms with van der Waals surface area (Å²) < 4.78 is 11.4. The molecule has 1 amide bonds. The smallest absolute Gasteiger partial charge is 0.339 e. The molecular formula is C20H23NO5. The Hall–Kier alpha value is -2.60. The van der Waals surface area contributed by atoms with Crippen LogP contribution in [0, 0.1) is 6.92 Å². The van der Waals surface area contributed by atoms with Gasteiger partial charge in [-0.3, -0.25) is 4.79 Å². The number of nitrogens with one attached hydrogen (secondary N) is 1. The van der Waals surface area contributed by atoms with Gasteiger partial charge in [-0.2, -0.15) is 0 Å². The van der Waals surface area contributed by atoms with Crippen molar-refractivity contribution in [2.24, 2.45) is 0 Å². The summed E-state index contributed by atoms with van der Waals surface area (Å²) in [5.74, 6) is -1.19. The second-order valence-corrected chi connectivity index (χ2v) is 6.53. The van der Waals surface area contributed by atoms with Crippen molar-refractivity contribution in [3.63, 3.8) is 0 Å². The van der Waals surface area contributed by atoms with Gasteiger partial charge in [0.25, 0.3) is 5.91 Å². The fraction of sp³-hybridized carbons (Fsp3) is 0.400. The van der Waals surface area contributed by atoms with Gasteiger partial charge in [0.2, 0.25) is 0 Å². The molecule has 2 aromatic rings. The van der Waals surface area contributed by atoms with Gasteiger partial charge >= 0.3 is 5.97 Å². The number of amides is 1. The molecule has 1 aliphatic rings. The molecule has 1 saturated heterocycles. The number of aryl methyl sites for hydroxylation is 2. The number of benzene rings is 1. The van der Waals surface area contributed by atoms with Crippen LogP contribution < -0.4 is 5.32 Å². The highest BCUT2D eigenvalue weighted by Crippen LogP contribution is 2.29. The topological polar surface area (TPSA) is 88.8 Å². The van der Waals surface area contributed by atoms with Crippen LogP contribution in [0.15, 0.2) is 34.7 Å². The average molecular weight is 357 g/mol. The van der Waals surface area contributed by atoms with Crippen molar-refractivity contribution in [3.05, 3.63) is 58.5 Å². The molecule has 2 N–H and O–H groups in total. The average Bonchev–Trinajstić information content (AvgIpc) is 3.08. The van der Waals surface area contributed by atoms with Gasteiger partial charge in [-0.15, -0.1) is 0 Å². The highest BCUT2D eigenvalue weighted by atomic mass is 16.5. The third-order valence-electron chi connectivity index (χ3n) is 4.63. The maximum atomic E-state index is 12.6. The zero-order chi connectivity index (χ0) is 18.7. The fourth-order valence-electron chi connectivity index (χ4n) is 3.24. The molecule has 0 saturated carbocycles. The minimum atomic E-state index is -1.09. The first kappa shape index (κ1) is 18.2. The van der Waals surface area contributed by atoms with Crippen LogP contribution in [0.2, 0.25) is 0 Å². The van der Waals surface area contributed by atoms with Gasteiger partial charge in [0.05, 0.1) is 6.04 Å². The Bertz CT molecular complexity index is 793. The summed E-state index contributed by atoms with van der Waals surface area (Å²) in [5.41, 5.74) is 2.21. The third kappa shape index (κ3) is 3.80. The standard InChI is InChI=1S/C20H23NO5/c1-3-16-14(20(23)24)11-17(26-16)19(22)21-15-5-4-10-25-18(15)13-8-6-12(2)7-9-13/h6-9,11,15,18H,3-5,10H2,1-2H3,(H,21,22)(H,23,24). The second-order valence-electron chi connectivity index (χ2n) is 6.53. The molecule has 0 bridgehead atoms. The summed E-state index contributed by atoms with van der Waals surface area (Å²) in [7, 11) is 0. The Kier molecular flexibility index (Phi) is 5.42. The zero-order valence-electron chi connectivity index (χ0n) is 15.0. The highest BCUT2D eigenvalue weighted by molar-refractivity contribution is 5.96. The van der Waals surface area contributed by atoms with E-state index in [9.17, 15) is 14.7 Å². The SMILES string of the molecule is CCc1oc(C(=O)NC2CCCOC2c2ccc(C)cc2)cc1C(=O)O. The van der Waals surface area contributed by atoms with Crippen LogP contribution in [-0.4, -0.2) is 29.6 Å². The minimum absolute atomic E-state index is 0.0208. The first-order valence-electron chi connectivity index (χ1n) is 8.84. The van der Waals surface area contributed by atoms with Gasteiger partial charge in [-0.1, -0.05) is 36.8 Å². The summed E-state index contributed by atoms with van der Waals surface area (Å²) in [6.07, 6.45) is 1.82. The van der Waals surface area contributed by atoms with Crippen molar-refractivity contribution in [2.75, 3.05) is 6.61 Å². The molecule has 1 aliphatic heterocycles. The second kappa shape index (κ2) is 7.74. The van der Waals surface area contributed by atoms with Gasteiger partial charge in [-0.25, -0.2) is 4.79 Å². The lowest BCUT2D eigenvalue weighted by Gasteiger charge is -2.32. The van der Waals surface area contributed by atoms with Crippen LogP contribution in [0.4, 0.5) is 0 Å². The van der Waals surface area contributed by atoms with E-state index in [1.54, 1.807) is 6.92 Å². The largest absolute Gasteiger partial charge is 0.478 e. The number of carbonyl (C=O) groups is 2. The van der Waals surface area contributed by atoms with Crippen LogP contribution >= 0.6 is 0 Å². The molecular weight excluding hydrogens is 334 g/mol. The quantitative estimate of drug-likeness (QED) is 0.855. The Morgan fingerprint density at radius 3 is 2.62 bits per heavy atom. The molecule has 6 heteroatoms. The predicted molar refractivity (Wildman–Crippen MR) is 95.4 cm³/mol. The van der Waals surface area contributed by atoms with Crippen LogP contribution in [-0.2, 0) is 11.2 Å². The summed E-state index contributed by atoms with van der Waals surface area (Å²) >= 11 is 0. The van der Waals surface area contributed by atoms with E-state index >= 15 is 0 Å². The van der Waals surface area contributed by atoms with Crippen molar-refractivity contribution >= 4 is 11.9 Å². The molecule has 3 rings (SSSR count). The molecule has 2 heterocycles. The predicted octanol–water partition coefficient (Wildman–Crippen LogP) is 3.50. The highest BCUT2D eigenvalue weighted by Gasteiger charge is 2.30. The molecule has 26 heavy (non-hydrogen) atoms. The van der Waals surface area contributed by atoms with E-state index in [-0.39, 0.29) is 23.5 Å². The lowest BCUT2D eigenvalue weighted by atomic mass is 9.95. The number of carboxylic acid groups (broad SMARTS) is 1. The molecule has 1 aromatic heterocycles. The van der Waals surface area contributed by atoms with E-state index < -0.39 is 11.9 Å². The van der Waals surface area contributed by atoms with Crippen LogP contribution in [0.1, 0.15) is 63.7 Å². The van der Waals surface area contributed by atoms with E-state index in [1.807, 2.05) is 31.2 Å². The summed E-state index contributed by atoms with van der Waals surface area (Å²) in [5, 5.41) is 12.2. The Balaban J connectivity index is 1.78. The Morgan fingerprint density at radius 1 is 1.27 bits per heavy atom. The first-order chi connectivity index (χ1) is 12.5. The van der Waals surface area contributed by atoms with Gasteiger partial charge in [0.15, 0.2) is 5.76 Å². The molecule has 1 aromatic carbocycles. The van der Waals surface area contributed by atoms with Crippen molar-refractivity contribution in [1.82, 2.24) is 5.32 Å². The number of hydrogen-bond donors (Lipinski definition) is 2. The number of aromatic carboxylic acids is 1. The van der Waals surface area contributed by atoms with E-state index in [0.717, 1.165) is 24.0 Å². The number of rotatable bonds is 5. The fourth-order valence-corrected chi connectivity index (χ4v) is 3.24. The molecule has 0 spiro atoms. The number of furan rings is 1. The third-order valence-corrected chi connectivity index (χ3v) is 4.63.